The van der Waals surface area contributed by atoms with Gasteiger partial charge in [0.1, 0.15) is 6.10 Å². The molecule has 6 heteroatoms. The van der Waals surface area contributed by atoms with Crippen LogP contribution in [0.25, 0.3) is 0 Å². The lowest BCUT2D eigenvalue weighted by molar-refractivity contribution is -0.691. The average molecular weight is 284 g/mol. The van der Waals surface area contributed by atoms with Crippen molar-refractivity contribution in [3.8, 4) is 0 Å². The third-order valence-corrected chi connectivity index (χ3v) is 2.45. The van der Waals surface area contributed by atoms with Crippen LogP contribution in [-0.4, -0.2) is 16.2 Å². The van der Waals surface area contributed by atoms with Crippen LogP contribution in [0.2, 0.25) is 0 Å². The summed E-state index contributed by atoms with van der Waals surface area (Å²) in [7, 11) is 0. The third-order valence-electron chi connectivity index (χ3n) is 1.38. The lowest BCUT2D eigenvalue weighted by atomic mass is 10.4. The summed E-state index contributed by atoms with van der Waals surface area (Å²) in [6, 6.07) is 0. The fourth-order valence-electron chi connectivity index (χ4n) is 0.930. The number of aliphatic carboxylic acids is 1. The highest BCUT2D eigenvalue weighted by atomic mass is 79.9. The maximum Gasteiger partial charge on any atom is 0.370 e. The molecule has 0 radical (unpaired) electrons. The normalized spacial score (nSPS) is 11.0. The van der Waals surface area contributed by atoms with Gasteiger partial charge in [-0.25, -0.2) is 4.79 Å². The maximum absolute atomic E-state index is 10.3. The number of carbonyl (C=O) groups is 1. The van der Waals surface area contributed by atoms with Crippen LogP contribution in [0, 0.1) is 0 Å². The molecule has 0 aliphatic carbocycles. The molecule has 0 saturated carbocycles. The Balaban J connectivity index is 0. The summed E-state index contributed by atoms with van der Waals surface area (Å²) >= 11 is 1.35. The predicted molar refractivity (Wildman–Crippen MR) is 49.5 cm³/mol. The van der Waals surface area contributed by atoms with E-state index in [9.17, 15) is 9.90 Å². The van der Waals surface area contributed by atoms with E-state index in [1.807, 2.05) is 0 Å². The smallest absolute Gasteiger partial charge is 0.370 e. The Morgan fingerprint density at radius 2 is 2.29 bits per heavy atom. The molecule has 1 aromatic rings. The molecule has 0 fully saturated rings. The first-order chi connectivity index (χ1) is 5.61. The lowest BCUT2D eigenvalue weighted by Crippen LogP contribution is -3.00. The van der Waals surface area contributed by atoms with E-state index in [1.54, 1.807) is 18.5 Å². The summed E-state index contributed by atoms with van der Waals surface area (Å²) in [5.41, 5.74) is 0. The Morgan fingerprint density at radius 3 is 2.71 bits per heavy atom. The number of aromatic nitrogens is 1. The number of carboxylic acids is 1. The standard InChI is InChI=1S/C7H9NO3S.CH4.BrH/c1-5(9)7-8(2-3-12-7)4-6(10)11;;/h2-3,5,9H,4H2,1H3;1H4;1H. The molecular weight excluding hydrogens is 270 g/mol. The van der Waals surface area contributed by atoms with Crippen molar-refractivity contribution in [3.05, 3.63) is 16.6 Å². The van der Waals surface area contributed by atoms with Crippen molar-refractivity contribution in [1.29, 1.82) is 0 Å². The first-order valence-corrected chi connectivity index (χ1v) is 4.36. The van der Waals surface area contributed by atoms with E-state index < -0.39 is 12.1 Å². The molecule has 0 bridgehead atoms. The molecule has 0 amide bonds. The molecule has 82 valence electrons. The van der Waals surface area contributed by atoms with E-state index >= 15 is 0 Å². The SMILES string of the molecule is C.CC(O)c1scc[n+]1CC(=O)O.[Br-]. The van der Waals surface area contributed by atoms with Gasteiger partial charge in [0.2, 0.25) is 6.54 Å². The van der Waals surface area contributed by atoms with Gasteiger partial charge < -0.3 is 27.2 Å². The Bertz CT molecular complexity index is 288. The molecule has 14 heavy (non-hydrogen) atoms. The van der Waals surface area contributed by atoms with Crippen LogP contribution in [0.4, 0.5) is 0 Å². The molecule has 0 saturated heterocycles. The summed E-state index contributed by atoms with van der Waals surface area (Å²) in [4.78, 5) is 10.3. The Hall–Kier alpha value is -0.460. The van der Waals surface area contributed by atoms with Crippen LogP contribution >= 0.6 is 11.3 Å². The van der Waals surface area contributed by atoms with Crippen molar-refractivity contribution < 1.29 is 36.6 Å². The number of hydrogen-bond donors (Lipinski definition) is 2. The maximum atomic E-state index is 10.3. The topological polar surface area (TPSA) is 61.4 Å². The lowest BCUT2D eigenvalue weighted by Gasteiger charge is -1.96. The van der Waals surface area contributed by atoms with Crippen molar-refractivity contribution in [2.75, 3.05) is 0 Å². The summed E-state index contributed by atoms with van der Waals surface area (Å²) in [6.07, 6.45) is 1.05. The molecule has 1 heterocycles. The van der Waals surface area contributed by atoms with Gasteiger partial charge in [0.05, 0.1) is 5.38 Å². The van der Waals surface area contributed by atoms with E-state index in [0.29, 0.717) is 5.01 Å². The highest BCUT2D eigenvalue weighted by molar-refractivity contribution is 7.09. The highest BCUT2D eigenvalue weighted by Crippen LogP contribution is 2.12. The number of halogens is 1. The summed E-state index contributed by atoms with van der Waals surface area (Å²) in [5, 5.41) is 20.1. The first-order valence-electron chi connectivity index (χ1n) is 3.48. The van der Waals surface area contributed by atoms with Crippen LogP contribution < -0.4 is 21.5 Å². The molecule has 1 aromatic heterocycles. The van der Waals surface area contributed by atoms with E-state index in [4.69, 9.17) is 5.11 Å². The number of aliphatic hydroxyl groups excluding tert-OH is 1. The molecule has 0 aliphatic rings. The summed E-state index contributed by atoms with van der Waals surface area (Å²) in [6.45, 7) is 1.52. The van der Waals surface area contributed by atoms with Crippen LogP contribution in [0.5, 0.6) is 0 Å². The van der Waals surface area contributed by atoms with Gasteiger partial charge in [0.25, 0.3) is 5.01 Å². The van der Waals surface area contributed by atoms with Gasteiger partial charge in [-0.2, -0.15) is 4.57 Å². The summed E-state index contributed by atoms with van der Waals surface area (Å²) in [5.74, 6) is -0.903. The molecule has 0 aromatic carbocycles. The minimum atomic E-state index is -0.903. The average Bonchev–Trinajstić information content (AvgIpc) is 2.33. The van der Waals surface area contributed by atoms with Gasteiger partial charge in [-0.3, -0.25) is 0 Å². The van der Waals surface area contributed by atoms with Crippen LogP contribution in [0.15, 0.2) is 11.6 Å². The molecular formula is C8H14BrNO3S. The zero-order valence-electron chi connectivity index (χ0n) is 6.98. The minimum Gasteiger partial charge on any atom is -1.00 e. The molecule has 1 atom stereocenters. The van der Waals surface area contributed by atoms with E-state index in [0.717, 1.165) is 0 Å². The van der Waals surface area contributed by atoms with Gasteiger partial charge >= 0.3 is 5.97 Å². The second kappa shape index (κ2) is 6.92. The third kappa shape index (κ3) is 4.17. The number of carboxylic acid groups (broad SMARTS) is 1. The van der Waals surface area contributed by atoms with Crippen molar-refractivity contribution in [2.45, 2.75) is 27.0 Å². The molecule has 2 N–H and O–H groups in total. The Labute approximate surface area is 97.6 Å². The van der Waals surface area contributed by atoms with Crippen LogP contribution in [-0.2, 0) is 11.3 Å². The zero-order chi connectivity index (χ0) is 9.14. The fraction of sp³-hybridized carbons (Fsp3) is 0.500. The van der Waals surface area contributed by atoms with E-state index in [1.165, 1.54) is 15.9 Å². The van der Waals surface area contributed by atoms with E-state index in [-0.39, 0.29) is 31.0 Å². The van der Waals surface area contributed by atoms with Gasteiger partial charge in [-0.05, 0) is 6.92 Å². The van der Waals surface area contributed by atoms with Gasteiger partial charge in [-0.15, -0.1) is 0 Å². The number of thiazole rings is 1. The minimum absolute atomic E-state index is 0. The van der Waals surface area contributed by atoms with Crippen molar-refractivity contribution in [3.63, 3.8) is 0 Å². The van der Waals surface area contributed by atoms with Gasteiger partial charge in [-0.1, -0.05) is 18.8 Å². The second-order valence-electron chi connectivity index (χ2n) is 2.44. The molecule has 0 aliphatic heterocycles. The number of rotatable bonds is 3. The Kier molecular flexibility index (Phi) is 7.90. The van der Waals surface area contributed by atoms with Crippen molar-refractivity contribution in [1.82, 2.24) is 0 Å². The number of aliphatic hydroxyl groups is 1. The van der Waals surface area contributed by atoms with Crippen LogP contribution in [0.1, 0.15) is 25.5 Å². The molecule has 1 unspecified atom stereocenters. The molecule has 1 rings (SSSR count). The largest absolute Gasteiger partial charge is 1.00 e. The van der Waals surface area contributed by atoms with Gasteiger partial charge in [0, 0.05) is 0 Å². The monoisotopic (exact) mass is 283 g/mol. The number of nitrogens with zero attached hydrogens (tertiary/aromatic N) is 1. The quantitative estimate of drug-likeness (QED) is 0.620. The zero-order valence-corrected chi connectivity index (χ0v) is 9.38. The van der Waals surface area contributed by atoms with Crippen LogP contribution in [0.3, 0.4) is 0 Å². The highest BCUT2D eigenvalue weighted by Gasteiger charge is 2.19. The predicted octanol–water partition coefficient (Wildman–Crippen LogP) is -2.19. The van der Waals surface area contributed by atoms with E-state index in [2.05, 4.69) is 0 Å². The second-order valence-corrected chi connectivity index (χ2v) is 3.37. The molecule has 4 nitrogen and oxygen atoms in total. The number of hydrogen-bond acceptors (Lipinski definition) is 3. The fourth-order valence-corrected chi connectivity index (χ4v) is 1.73. The van der Waals surface area contributed by atoms with Gasteiger partial charge in [0.15, 0.2) is 6.20 Å². The van der Waals surface area contributed by atoms with Crippen molar-refractivity contribution >= 4 is 17.3 Å². The summed E-state index contributed by atoms with van der Waals surface area (Å²) < 4.78 is 1.53. The van der Waals surface area contributed by atoms with Crippen molar-refractivity contribution in [2.24, 2.45) is 0 Å². The Morgan fingerprint density at radius 1 is 1.71 bits per heavy atom. The first kappa shape index (κ1) is 16.0. The molecule has 0 spiro atoms.